The van der Waals surface area contributed by atoms with Gasteiger partial charge in [0.2, 0.25) is 5.91 Å². The Balaban J connectivity index is 1.59. The van der Waals surface area contributed by atoms with Crippen LogP contribution in [0.25, 0.3) is 0 Å². The van der Waals surface area contributed by atoms with E-state index >= 15 is 0 Å². The lowest BCUT2D eigenvalue weighted by Gasteiger charge is -2.12. The van der Waals surface area contributed by atoms with E-state index in [1.165, 1.54) is 0 Å². The maximum Gasteiger partial charge on any atom is 0.319 e. The summed E-state index contributed by atoms with van der Waals surface area (Å²) in [7, 11) is 0. The Morgan fingerprint density at radius 3 is 2.60 bits per heavy atom. The number of aliphatic imine (C=N–C) groups is 1. The lowest BCUT2D eigenvalue weighted by atomic mass is 10.00. The number of hydrogen-bond donors (Lipinski definition) is 3. The Morgan fingerprint density at radius 1 is 1.09 bits per heavy atom. The van der Waals surface area contributed by atoms with Gasteiger partial charge in [-0.05, 0) is 42.8 Å². The van der Waals surface area contributed by atoms with Crippen LogP contribution in [-0.4, -0.2) is 43.5 Å². The fourth-order valence-electron chi connectivity index (χ4n) is 3.79. The zero-order valence-corrected chi connectivity index (χ0v) is 20.1. The van der Waals surface area contributed by atoms with Gasteiger partial charge in [0.25, 0.3) is 0 Å². The number of urea groups is 1. The molecule has 0 spiro atoms. The molecule has 1 heterocycles. The molecular formula is C27H27ClN4O3. The van der Waals surface area contributed by atoms with Gasteiger partial charge in [-0.25, -0.2) is 4.79 Å². The van der Waals surface area contributed by atoms with Crippen molar-refractivity contribution in [1.29, 1.82) is 0 Å². The van der Waals surface area contributed by atoms with Crippen molar-refractivity contribution in [3.63, 3.8) is 0 Å². The summed E-state index contributed by atoms with van der Waals surface area (Å²) < 4.78 is 5.22. The minimum atomic E-state index is -0.604. The number of benzene rings is 3. The van der Waals surface area contributed by atoms with E-state index < -0.39 is 6.04 Å². The van der Waals surface area contributed by atoms with Crippen molar-refractivity contribution in [3.05, 3.63) is 94.5 Å². The van der Waals surface area contributed by atoms with Gasteiger partial charge in [0.15, 0.2) is 0 Å². The van der Waals surface area contributed by atoms with E-state index in [1.54, 1.807) is 30.3 Å². The van der Waals surface area contributed by atoms with Crippen LogP contribution in [0, 0.1) is 0 Å². The molecule has 1 unspecified atom stereocenters. The summed E-state index contributed by atoms with van der Waals surface area (Å²) in [5, 5.41) is 9.10. The average molecular weight is 491 g/mol. The van der Waals surface area contributed by atoms with Crippen molar-refractivity contribution < 1.29 is 14.3 Å². The number of rotatable bonds is 8. The molecule has 0 saturated carbocycles. The first-order valence-corrected chi connectivity index (χ1v) is 11.9. The van der Waals surface area contributed by atoms with Crippen molar-refractivity contribution in [1.82, 2.24) is 5.32 Å². The van der Waals surface area contributed by atoms with Crippen LogP contribution < -0.4 is 16.0 Å². The molecule has 0 radical (unpaired) electrons. The van der Waals surface area contributed by atoms with Crippen LogP contribution in [-0.2, 0) is 16.0 Å². The summed E-state index contributed by atoms with van der Waals surface area (Å²) in [6.45, 7) is 3.40. The van der Waals surface area contributed by atoms with E-state index in [4.69, 9.17) is 21.3 Å². The molecule has 0 saturated heterocycles. The van der Waals surface area contributed by atoms with E-state index in [1.807, 2.05) is 49.4 Å². The number of nitrogens with zero attached hydrogens (tertiary/aromatic N) is 1. The molecule has 3 amide bonds. The summed E-state index contributed by atoms with van der Waals surface area (Å²) in [6.07, 6.45) is 0.472. The minimum absolute atomic E-state index is 0.172. The summed E-state index contributed by atoms with van der Waals surface area (Å²) in [4.78, 5) is 30.0. The van der Waals surface area contributed by atoms with Crippen molar-refractivity contribution >= 4 is 40.6 Å². The maximum absolute atomic E-state index is 13.0. The van der Waals surface area contributed by atoms with E-state index in [0.29, 0.717) is 48.3 Å². The van der Waals surface area contributed by atoms with Gasteiger partial charge in [0.05, 0.1) is 18.0 Å². The van der Waals surface area contributed by atoms with Crippen molar-refractivity contribution in [2.75, 3.05) is 30.4 Å². The number of amides is 3. The molecule has 8 heteroatoms. The van der Waals surface area contributed by atoms with Crippen molar-refractivity contribution in [2.24, 2.45) is 4.99 Å². The number of carbonyl (C=O) groups is 2. The summed E-state index contributed by atoms with van der Waals surface area (Å²) in [5.41, 5.74) is 4.54. The third-order valence-corrected chi connectivity index (χ3v) is 5.74. The molecule has 3 aromatic rings. The Morgan fingerprint density at radius 2 is 1.86 bits per heavy atom. The highest BCUT2D eigenvalue weighted by atomic mass is 35.5. The van der Waals surface area contributed by atoms with Gasteiger partial charge < -0.3 is 20.7 Å². The lowest BCUT2D eigenvalue weighted by molar-refractivity contribution is -0.117. The number of benzodiazepines with no additional fused rings is 1. The smallest absolute Gasteiger partial charge is 0.319 e. The van der Waals surface area contributed by atoms with Gasteiger partial charge >= 0.3 is 6.03 Å². The second-order valence-corrected chi connectivity index (χ2v) is 8.45. The molecule has 3 aromatic carbocycles. The summed E-state index contributed by atoms with van der Waals surface area (Å²) in [5.74, 6) is -0.172. The Kier molecular flexibility index (Phi) is 8.13. The molecule has 0 aliphatic carbocycles. The highest BCUT2D eigenvalue weighted by molar-refractivity contribution is 6.32. The molecule has 4 rings (SSSR count). The van der Waals surface area contributed by atoms with Crippen molar-refractivity contribution in [2.45, 2.75) is 19.4 Å². The number of nitrogens with one attached hydrogen (secondary N) is 3. The summed E-state index contributed by atoms with van der Waals surface area (Å²) in [6, 6.07) is 21.6. The predicted molar refractivity (Wildman–Crippen MR) is 140 cm³/mol. The topological polar surface area (TPSA) is 91.8 Å². The second-order valence-electron chi connectivity index (χ2n) is 8.02. The monoisotopic (exact) mass is 490 g/mol. The van der Waals surface area contributed by atoms with E-state index in [-0.39, 0.29) is 11.9 Å². The van der Waals surface area contributed by atoms with Crippen LogP contribution in [0.2, 0.25) is 5.02 Å². The van der Waals surface area contributed by atoms with Crippen LogP contribution in [0.5, 0.6) is 0 Å². The quantitative estimate of drug-likeness (QED) is 0.392. The molecule has 1 aliphatic rings. The van der Waals surface area contributed by atoms with Crippen LogP contribution >= 0.6 is 11.6 Å². The lowest BCUT2D eigenvalue weighted by Crippen LogP contribution is -2.31. The number of fused-ring (bicyclic) bond motifs is 1. The Labute approximate surface area is 209 Å². The first-order chi connectivity index (χ1) is 17.0. The Bertz CT molecular complexity index is 1210. The number of anilines is 2. The van der Waals surface area contributed by atoms with Gasteiger partial charge in [-0.1, -0.05) is 54.1 Å². The SMILES string of the molecule is CCOCCNC(=O)Nc1ccc(C2=NC(Cc3ccccc3)C(=O)Nc3ccc(Cl)cc32)cc1. The highest BCUT2D eigenvalue weighted by Gasteiger charge is 2.26. The Hall–Kier alpha value is -3.68. The van der Waals surface area contributed by atoms with Gasteiger partial charge in [-0.2, -0.15) is 0 Å². The summed E-state index contributed by atoms with van der Waals surface area (Å²) >= 11 is 6.30. The molecule has 0 aromatic heterocycles. The molecule has 180 valence electrons. The zero-order valence-electron chi connectivity index (χ0n) is 19.4. The molecule has 0 fully saturated rings. The predicted octanol–water partition coefficient (Wildman–Crippen LogP) is 4.90. The number of halogens is 1. The molecular weight excluding hydrogens is 464 g/mol. The average Bonchev–Trinajstić information content (AvgIpc) is 2.99. The van der Waals surface area contributed by atoms with Gasteiger partial charge in [-0.3, -0.25) is 9.79 Å². The van der Waals surface area contributed by atoms with Crippen LogP contribution in [0.1, 0.15) is 23.6 Å². The maximum atomic E-state index is 13.0. The molecule has 7 nitrogen and oxygen atoms in total. The second kappa shape index (κ2) is 11.6. The fraction of sp³-hybridized carbons (Fsp3) is 0.222. The molecule has 3 N–H and O–H groups in total. The number of hydrogen-bond acceptors (Lipinski definition) is 4. The third-order valence-electron chi connectivity index (χ3n) is 5.51. The van der Waals surface area contributed by atoms with E-state index in [0.717, 1.165) is 16.7 Å². The van der Waals surface area contributed by atoms with Crippen LogP contribution in [0.4, 0.5) is 16.2 Å². The van der Waals surface area contributed by atoms with Gasteiger partial charge in [0.1, 0.15) is 6.04 Å². The molecule has 0 bridgehead atoms. The zero-order chi connectivity index (χ0) is 24.6. The molecule has 1 aliphatic heterocycles. The van der Waals surface area contributed by atoms with E-state index in [2.05, 4.69) is 16.0 Å². The first-order valence-electron chi connectivity index (χ1n) is 11.5. The van der Waals surface area contributed by atoms with Crippen LogP contribution in [0.3, 0.4) is 0 Å². The van der Waals surface area contributed by atoms with Crippen molar-refractivity contribution in [3.8, 4) is 0 Å². The minimum Gasteiger partial charge on any atom is -0.380 e. The number of ether oxygens (including phenoxy) is 1. The van der Waals surface area contributed by atoms with Gasteiger partial charge in [0, 0.05) is 41.4 Å². The first kappa shape index (κ1) is 24.4. The standard InChI is InChI=1S/C27H27ClN4O3/c1-2-35-15-14-29-27(34)30-21-11-8-19(9-12-21)25-22-17-20(28)10-13-23(22)32-26(33)24(31-25)16-18-6-4-3-5-7-18/h3-13,17,24H,2,14-16H2,1H3,(H,32,33)(H2,29,30,34). The van der Waals surface area contributed by atoms with Gasteiger partial charge in [-0.15, -0.1) is 0 Å². The van der Waals surface area contributed by atoms with E-state index in [9.17, 15) is 9.59 Å². The van der Waals surface area contributed by atoms with Crippen LogP contribution in [0.15, 0.2) is 77.8 Å². The fourth-order valence-corrected chi connectivity index (χ4v) is 3.97. The molecule has 1 atom stereocenters. The number of carbonyl (C=O) groups excluding carboxylic acids is 2. The largest absolute Gasteiger partial charge is 0.380 e. The third kappa shape index (κ3) is 6.47. The highest BCUT2D eigenvalue weighted by Crippen LogP contribution is 2.28. The normalized spacial score (nSPS) is 14.9. The molecule has 35 heavy (non-hydrogen) atoms.